The molecule has 0 saturated carbocycles. The monoisotopic (exact) mass is 302 g/mol. The molecule has 0 radical (unpaired) electrons. The lowest BCUT2D eigenvalue weighted by Crippen LogP contribution is -2.12. The summed E-state index contributed by atoms with van der Waals surface area (Å²) in [6, 6.07) is 12.1. The van der Waals surface area contributed by atoms with Crippen LogP contribution < -0.4 is 14.8 Å². The molecule has 0 heterocycles. The summed E-state index contributed by atoms with van der Waals surface area (Å²) >= 11 is 0. The summed E-state index contributed by atoms with van der Waals surface area (Å²) in [5, 5.41) is 13.9. The molecule has 0 spiro atoms. The van der Waals surface area contributed by atoms with E-state index in [1.165, 1.54) is 6.07 Å². The Morgan fingerprint density at radius 3 is 2.41 bits per heavy atom. The Balaban J connectivity index is 1.82. The molecule has 2 aromatic carbocycles. The molecule has 2 aromatic rings. The Bertz CT molecular complexity index is 641. The summed E-state index contributed by atoms with van der Waals surface area (Å²) in [6.07, 6.45) is 0. The van der Waals surface area contributed by atoms with E-state index < -0.39 is 4.92 Å². The molecule has 0 aliphatic carbocycles. The standard InChI is InChI=1S/C16H18N2O4/c1-12-11-13(18(19)20)3-8-16(12)17-9-10-22-15-6-4-14(21-2)5-7-15/h3-8,11,17H,9-10H2,1-2H3. The van der Waals surface area contributed by atoms with Crippen molar-refractivity contribution in [3.05, 3.63) is 58.1 Å². The molecule has 6 heteroatoms. The maximum Gasteiger partial charge on any atom is 0.269 e. The van der Waals surface area contributed by atoms with Crippen LogP contribution in [-0.4, -0.2) is 25.2 Å². The molecule has 0 unspecified atom stereocenters. The quantitative estimate of drug-likeness (QED) is 0.482. The summed E-state index contributed by atoms with van der Waals surface area (Å²) in [6.45, 7) is 2.92. The Morgan fingerprint density at radius 1 is 1.14 bits per heavy atom. The van der Waals surface area contributed by atoms with Gasteiger partial charge >= 0.3 is 0 Å². The zero-order chi connectivity index (χ0) is 15.9. The molecule has 0 aliphatic heterocycles. The highest BCUT2D eigenvalue weighted by Gasteiger charge is 2.07. The second-order valence-electron chi connectivity index (χ2n) is 4.71. The lowest BCUT2D eigenvalue weighted by atomic mass is 10.2. The first kappa shape index (κ1) is 15.6. The van der Waals surface area contributed by atoms with Gasteiger partial charge in [-0.25, -0.2) is 0 Å². The second-order valence-corrected chi connectivity index (χ2v) is 4.71. The minimum absolute atomic E-state index is 0.0949. The SMILES string of the molecule is COc1ccc(OCCNc2ccc([N+](=O)[O-])cc2C)cc1. The minimum atomic E-state index is -0.399. The van der Waals surface area contributed by atoms with Crippen LogP contribution in [0.15, 0.2) is 42.5 Å². The van der Waals surface area contributed by atoms with Crippen LogP contribution in [0.3, 0.4) is 0 Å². The molecule has 2 rings (SSSR count). The summed E-state index contributed by atoms with van der Waals surface area (Å²) in [4.78, 5) is 10.3. The van der Waals surface area contributed by atoms with E-state index in [0.29, 0.717) is 13.2 Å². The Hall–Kier alpha value is -2.76. The van der Waals surface area contributed by atoms with Gasteiger partial charge in [0.25, 0.3) is 5.69 Å². The molecular formula is C16H18N2O4. The van der Waals surface area contributed by atoms with E-state index in [9.17, 15) is 10.1 Å². The summed E-state index contributed by atoms with van der Waals surface area (Å²) < 4.78 is 10.7. The predicted molar refractivity (Wildman–Crippen MR) is 84.8 cm³/mol. The number of rotatable bonds is 7. The van der Waals surface area contributed by atoms with Crippen LogP contribution in [0.1, 0.15) is 5.56 Å². The van der Waals surface area contributed by atoms with E-state index in [-0.39, 0.29) is 5.69 Å². The van der Waals surface area contributed by atoms with Crippen molar-refractivity contribution in [2.45, 2.75) is 6.92 Å². The van der Waals surface area contributed by atoms with Crippen molar-refractivity contribution in [1.29, 1.82) is 0 Å². The van der Waals surface area contributed by atoms with Gasteiger partial charge in [-0.05, 0) is 42.8 Å². The van der Waals surface area contributed by atoms with Gasteiger partial charge in [-0.1, -0.05) is 0 Å². The number of nitro groups is 1. The first-order valence-electron chi connectivity index (χ1n) is 6.86. The number of aryl methyl sites for hydroxylation is 1. The lowest BCUT2D eigenvalue weighted by Gasteiger charge is -2.11. The van der Waals surface area contributed by atoms with Crippen molar-refractivity contribution >= 4 is 11.4 Å². The number of ether oxygens (including phenoxy) is 2. The molecule has 6 nitrogen and oxygen atoms in total. The van der Waals surface area contributed by atoms with Crippen molar-refractivity contribution < 1.29 is 14.4 Å². The van der Waals surface area contributed by atoms with E-state index in [0.717, 1.165) is 22.7 Å². The number of benzene rings is 2. The van der Waals surface area contributed by atoms with E-state index in [2.05, 4.69) is 5.32 Å². The average Bonchev–Trinajstić information content (AvgIpc) is 2.53. The van der Waals surface area contributed by atoms with E-state index >= 15 is 0 Å². The normalized spacial score (nSPS) is 10.1. The summed E-state index contributed by atoms with van der Waals surface area (Å²) in [5.74, 6) is 1.55. The average molecular weight is 302 g/mol. The first-order valence-corrected chi connectivity index (χ1v) is 6.86. The van der Waals surface area contributed by atoms with Gasteiger partial charge in [-0.3, -0.25) is 10.1 Å². The molecule has 0 fully saturated rings. The highest BCUT2D eigenvalue weighted by Crippen LogP contribution is 2.21. The van der Waals surface area contributed by atoms with E-state index in [4.69, 9.17) is 9.47 Å². The molecular weight excluding hydrogens is 284 g/mol. The largest absolute Gasteiger partial charge is 0.497 e. The van der Waals surface area contributed by atoms with Gasteiger partial charge in [0.2, 0.25) is 0 Å². The minimum Gasteiger partial charge on any atom is -0.497 e. The Kier molecular flexibility index (Phi) is 5.19. The van der Waals surface area contributed by atoms with Crippen molar-refractivity contribution in [1.82, 2.24) is 0 Å². The first-order chi connectivity index (χ1) is 10.6. The third-order valence-corrected chi connectivity index (χ3v) is 3.17. The topological polar surface area (TPSA) is 73.6 Å². The van der Waals surface area contributed by atoms with Gasteiger partial charge in [-0.15, -0.1) is 0 Å². The van der Waals surface area contributed by atoms with Crippen LogP contribution in [0.25, 0.3) is 0 Å². The predicted octanol–water partition coefficient (Wildman–Crippen LogP) is 3.40. The third-order valence-electron chi connectivity index (χ3n) is 3.17. The Labute approximate surface area is 128 Å². The van der Waals surface area contributed by atoms with Crippen LogP contribution >= 0.6 is 0 Å². The fraction of sp³-hybridized carbons (Fsp3) is 0.250. The fourth-order valence-corrected chi connectivity index (χ4v) is 1.99. The van der Waals surface area contributed by atoms with E-state index in [1.807, 2.05) is 31.2 Å². The highest BCUT2D eigenvalue weighted by molar-refractivity contribution is 5.55. The maximum atomic E-state index is 10.7. The number of methoxy groups -OCH3 is 1. The van der Waals surface area contributed by atoms with Crippen molar-refractivity contribution in [3.63, 3.8) is 0 Å². The number of anilines is 1. The van der Waals surface area contributed by atoms with Crippen molar-refractivity contribution in [3.8, 4) is 11.5 Å². The number of nitrogens with one attached hydrogen (secondary N) is 1. The van der Waals surface area contributed by atoms with Gasteiger partial charge in [0.05, 0.1) is 12.0 Å². The molecule has 116 valence electrons. The number of nitro benzene ring substituents is 1. The molecule has 0 bridgehead atoms. The van der Waals surface area contributed by atoms with Crippen LogP contribution in [0, 0.1) is 17.0 Å². The zero-order valence-corrected chi connectivity index (χ0v) is 12.5. The van der Waals surface area contributed by atoms with E-state index in [1.54, 1.807) is 19.2 Å². The summed E-state index contributed by atoms with van der Waals surface area (Å²) in [7, 11) is 1.62. The molecule has 0 aliphatic rings. The molecule has 22 heavy (non-hydrogen) atoms. The molecule has 0 aromatic heterocycles. The van der Waals surface area contributed by atoms with Gasteiger partial charge in [0, 0.05) is 24.4 Å². The van der Waals surface area contributed by atoms with Crippen LogP contribution in [0.4, 0.5) is 11.4 Å². The molecule has 1 N–H and O–H groups in total. The number of non-ortho nitro benzene ring substituents is 1. The number of nitrogens with zero attached hydrogens (tertiary/aromatic N) is 1. The zero-order valence-electron chi connectivity index (χ0n) is 12.5. The van der Waals surface area contributed by atoms with Crippen molar-refractivity contribution in [2.24, 2.45) is 0 Å². The molecule has 0 saturated heterocycles. The van der Waals surface area contributed by atoms with Gasteiger partial charge < -0.3 is 14.8 Å². The van der Waals surface area contributed by atoms with Gasteiger partial charge in [-0.2, -0.15) is 0 Å². The maximum absolute atomic E-state index is 10.7. The molecule has 0 atom stereocenters. The Morgan fingerprint density at radius 2 is 1.82 bits per heavy atom. The van der Waals surface area contributed by atoms with Crippen molar-refractivity contribution in [2.75, 3.05) is 25.6 Å². The highest BCUT2D eigenvalue weighted by atomic mass is 16.6. The fourth-order valence-electron chi connectivity index (χ4n) is 1.99. The second kappa shape index (κ2) is 7.31. The number of hydrogen-bond acceptors (Lipinski definition) is 5. The van der Waals surface area contributed by atoms with Gasteiger partial charge in [0.1, 0.15) is 18.1 Å². The van der Waals surface area contributed by atoms with Crippen LogP contribution in [0.5, 0.6) is 11.5 Å². The molecule has 0 amide bonds. The smallest absolute Gasteiger partial charge is 0.269 e. The van der Waals surface area contributed by atoms with Crippen LogP contribution in [0.2, 0.25) is 0 Å². The lowest BCUT2D eigenvalue weighted by molar-refractivity contribution is -0.384. The van der Waals surface area contributed by atoms with Gasteiger partial charge in [0.15, 0.2) is 0 Å². The number of hydrogen-bond donors (Lipinski definition) is 1. The summed E-state index contributed by atoms with van der Waals surface area (Å²) in [5.41, 5.74) is 1.79. The third kappa shape index (κ3) is 4.12. The van der Waals surface area contributed by atoms with Crippen LogP contribution in [-0.2, 0) is 0 Å².